The fourth-order valence-electron chi connectivity index (χ4n) is 2.13. The molecular formula is C16H13BrCl2N6O. The number of hydrogen-bond acceptors (Lipinski definition) is 5. The van der Waals surface area contributed by atoms with E-state index in [9.17, 15) is 4.79 Å². The average molecular weight is 456 g/mol. The summed E-state index contributed by atoms with van der Waals surface area (Å²) in [4.78, 5) is 13.2. The first-order chi connectivity index (χ1) is 12.4. The highest BCUT2D eigenvalue weighted by molar-refractivity contribution is 9.10. The molecule has 0 saturated heterocycles. The number of tetrazole rings is 1. The van der Waals surface area contributed by atoms with Crippen molar-refractivity contribution in [2.75, 3.05) is 5.43 Å². The lowest BCUT2D eigenvalue weighted by Crippen LogP contribution is -2.33. The van der Waals surface area contributed by atoms with Crippen LogP contribution in [0.5, 0.6) is 0 Å². The minimum absolute atomic E-state index is 0.103. The van der Waals surface area contributed by atoms with Crippen LogP contribution in [-0.2, 0) is 11.3 Å². The van der Waals surface area contributed by atoms with Crippen molar-refractivity contribution in [3.8, 4) is 11.4 Å². The van der Waals surface area contributed by atoms with Gasteiger partial charge in [-0.2, -0.15) is 4.80 Å². The van der Waals surface area contributed by atoms with Gasteiger partial charge in [0.1, 0.15) is 6.54 Å². The summed E-state index contributed by atoms with van der Waals surface area (Å²) in [5.41, 5.74) is 7.78. The van der Waals surface area contributed by atoms with Crippen LogP contribution in [-0.4, -0.2) is 26.1 Å². The van der Waals surface area contributed by atoms with Gasteiger partial charge in [-0.3, -0.25) is 15.6 Å². The first kappa shape index (κ1) is 18.6. The third-order valence-electron chi connectivity index (χ3n) is 3.43. The molecule has 1 aromatic heterocycles. The van der Waals surface area contributed by atoms with Crippen molar-refractivity contribution in [2.24, 2.45) is 0 Å². The number of halogens is 3. The van der Waals surface area contributed by atoms with Crippen molar-refractivity contribution in [3.05, 3.63) is 56.5 Å². The molecule has 0 unspecified atom stereocenters. The molecule has 3 aromatic rings. The molecule has 0 bridgehead atoms. The van der Waals surface area contributed by atoms with E-state index in [1.54, 1.807) is 18.2 Å². The highest BCUT2D eigenvalue weighted by atomic mass is 79.9. The van der Waals surface area contributed by atoms with Gasteiger partial charge in [0.15, 0.2) is 0 Å². The van der Waals surface area contributed by atoms with Crippen LogP contribution in [0.2, 0.25) is 10.0 Å². The molecule has 2 aromatic carbocycles. The van der Waals surface area contributed by atoms with Crippen molar-refractivity contribution in [1.29, 1.82) is 0 Å². The number of rotatable bonds is 5. The van der Waals surface area contributed by atoms with E-state index in [1.165, 1.54) is 4.80 Å². The number of nitrogens with one attached hydrogen (secondary N) is 2. The fourth-order valence-corrected chi connectivity index (χ4v) is 2.76. The lowest BCUT2D eigenvalue weighted by atomic mass is 10.2. The fraction of sp³-hybridized carbons (Fsp3) is 0.125. The predicted molar refractivity (Wildman–Crippen MR) is 104 cm³/mol. The second-order valence-corrected chi connectivity index (χ2v) is 7.02. The average Bonchev–Trinajstić information content (AvgIpc) is 3.06. The molecule has 0 aliphatic carbocycles. The largest absolute Gasteiger partial charge is 0.299 e. The van der Waals surface area contributed by atoms with Crippen molar-refractivity contribution in [1.82, 2.24) is 25.6 Å². The van der Waals surface area contributed by atoms with Crippen molar-refractivity contribution >= 4 is 50.7 Å². The van der Waals surface area contributed by atoms with E-state index >= 15 is 0 Å². The summed E-state index contributed by atoms with van der Waals surface area (Å²) in [5, 5.41) is 12.7. The molecule has 3 rings (SSSR count). The van der Waals surface area contributed by atoms with Gasteiger partial charge in [0, 0.05) is 10.0 Å². The summed E-state index contributed by atoms with van der Waals surface area (Å²) >= 11 is 15.6. The van der Waals surface area contributed by atoms with Gasteiger partial charge < -0.3 is 0 Å². The van der Waals surface area contributed by atoms with E-state index < -0.39 is 0 Å². The topological polar surface area (TPSA) is 84.7 Å². The molecule has 0 saturated carbocycles. The maximum atomic E-state index is 12.0. The van der Waals surface area contributed by atoms with Gasteiger partial charge in [-0.05, 0) is 48.0 Å². The third kappa shape index (κ3) is 4.32. The van der Waals surface area contributed by atoms with Gasteiger partial charge in [-0.1, -0.05) is 45.2 Å². The maximum absolute atomic E-state index is 12.0. The molecule has 0 fully saturated rings. The molecule has 0 atom stereocenters. The van der Waals surface area contributed by atoms with Gasteiger partial charge in [-0.15, -0.1) is 10.2 Å². The second-order valence-electron chi connectivity index (χ2n) is 5.38. The zero-order valence-electron chi connectivity index (χ0n) is 13.5. The van der Waals surface area contributed by atoms with Gasteiger partial charge in [0.2, 0.25) is 5.82 Å². The lowest BCUT2D eigenvalue weighted by molar-refractivity contribution is -0.121. The number of carbonyl (C=O) groups excluding carboxylic acids is 1. The highest BCUT2D eigenvalue weighted by Crippen LogP contribution is 2.31. The van der Waals surface area contributed by atoms with Crippen molar-refractivity contribution in [3.63, 3.8) is 0 Å². The van der Waals surface area contributed by atoms with E-state index in [1.807, 2.05) is 25.1 Å². The van der Waals surface area contributed by atoms with Crippen LogP contribution in [0.3, 0.4) is 0 Å². The summed E-state index contributed by atoms with van der Waals surface area (Å²) in [5.74, 6) is -0.0338. The number of anilines is 1. The zero-order chi connectivity index (χ0) is 18.7. The normalized spacial score (nSPS) is 10.6. The molecule has 26 heavy (non-hydrogen) atoms. The second kappa shape index (κ2) is 8.03. The molecular weight excluding hydrogens is 443 g/mol. The SMILES string of the molecule is Cc1cc(NNC(=O)Cn2nnc(-c3cccc(Cl)c3Cl)n2)ccc1Br. The molecule has 134 valence electrons. The summed E-state index contributed by atoms with van der Waals surface area (Å²) in [6.07, 6.45) is 0. The summed E-state index contributed by atoms with van der Waals surface area (Å²) in [6.45, 7) is 1.85. The van der Waals surface area contributed by atoms with Gasteiger partial charge in [-0.25, -0.2) is 0 Å². The number of aromatic nitrogens is 4. The van der Waals surface area contributed by atoms with Crippen molar-refractivity contribution < 1.29 is 4.79 Å². The molecule has 0 aliphatic heterocycles. The Bertz CT molecular complexity index is 962. The number of hydrazine groups is 1. The monoisotopic (exact) mass is 454 g/mol. The Kier molecular flexibility index (Phi) is 5.75. The van der Waals surface area contributed by atoms with Gasteiger partial charge in [0.25, 0.3) is 5.91 Å². The lowest BCUT2D eigenvalue weighted by Gasteiger charge is -2.09. The first-order valence-electron chi connectivity index (χ1n) is 7.47. The molecule has 0 radical (unpaired) electrons. The Balaban J connectivity index is 1.62. The Morgan fingerprint density at radius 3 is 2.85 bits per heavy atom. The standard InChI is InChI=1S/C16H13BrCl2N6O/c1-9-7-10(5-6-12(9)17)20-21-14(26)8-25-23-16(22-24-25)11-3-2-4-13(18)15(11)19/h2-7,20H,8H2,1H3,(H,21,26). The molecule has 10 heteroatoms. The quantitative estimate of drug-likeness (QED) is 0.570. The zero-order valence-corrected chi connectivity index (χ0v) is 16.6. The number of nitrogens with zero attached hydrogens (tertiary/aromatic N) is 4. The van der Waals surface area contributed by atoms with E-state index in [4.69, 9.17) is 23.2 Å². The number of hydrogen-bond donors (Lipinski definition) is 2. The van der Waals surface area contributed by atoms with Crippen LogP contribution in [0.1, 0.15) is 5.56 Å². The number of carbonyl (C=O) groups is 1. The minimum atomic E-state index is -0.327. The van der Waals surface area contributed by atoms with Crippen LogP contribution in [0.25, 0.3) is 11.4 Å². The van der Waals surface area contributed by atoms with Gasteiger partial charge >= 0.3 is 0 Å². The predicted octanol–water partition coefficient (Wildman–Crippen LogP) is 3.86. The number of aryl methyl sites for hydroxylation is 1. The number of amides is 1. The van der Waals surface area contributed by atoms with Crippen LogP contribution >= 0.6 is 39.1 Å². The molecule has 0 aliphatic rings. The summed E-state index contributed by atoms with van der Waals surface area (Å²) in [6, 6.07) is 10.8. The molecule has 0 spiro atoms. The van der Waals surface area contributed by atoms with Crippen molar-refractivity contribution in [2.45, 2.75) is 13.5 Å². The Hall–Kier alpha value is -2.16. The molecule has 7 nitrogen and oxygen atoms in total. The van der Waals surface area contributed by atoms with E-state index in [2.05, 4.69) is 42.2 Å². The van der Waals surface area contributed by atoms with Crippen LogP contribution in [0.15, 0.2) is 40.9 Å². The summed E-state index contributed by atoms with van der Waals surface area (Å²) < 4.78 is 0.994. The Labute approximate surface area is 167 Å². The third-order valence-corrected chi connectivity index (χ3v) is 5.14. The minimum Gasteiger partial charge on any atom is -0.299 e. The van der Waals surface area contributed by atoms with Crippen LogP contribution < -0.4 is 10.9 Å². The Morgan fingerprint density at radius 2 is 2.08 bits per heavy atom. The van der Waals surface area contributed by atoms with Gasteiger partial charge in [0.05, 0.1) is 15.7 Å². The molecule has 2 N–H and O–H groups in total. The van der Waals surface area contributed by atoms with E-state index in [-0.39, 0.29) is 12.5 Å². The smallest absolute Gasteiger partial charge is 0.261 e. The van der Waals surface area contributed by atoms with E-state index in [0.29, 0.717) is 21.4 Å². The first-order valence-corrected chi connectivity index (χ1v) is 9.02. The van der Waals surface area contributed by atoms with Crippen LogP contribution in [0.4, 0.5) is 5.69 Å². The molecule has 1 amide bonds. The Morgan fingerprint density at radius 1 is 1.27 bits per heavy atom. The van der Waals surface area contributed by atoms with Crippen LogP contribution in [0, 0.1) is 6.92 Å². The number of benzene rings is 2. The summed E-state index contributed by atoms with van der Waals surface area (Å²) in [7, 11) is 0. The van der Waals surface area contributed by atoms with E-state index in [0.717, 1.165) is 15.7 Å². The maximum Gasteiger partial charge on any atom is 0.261 e. The molecule has 1 heterocycles. The highest BCUT2D eigenvalue weighted by Gasteiger charge is 2.13.